The third-order valence-electron chi connectivity index (χ3n) is 2.15. The lowest BCUT2D eigenvalue weighted by Gasteiger charge is -2.24. The highest BCUT2D eigenvalue weighted by Gasteiger charge is 2.27. The number of carboxylic acids is 1. The van der Waals surface area contributed by atoms with E-state index in [4.69, 9.17) is 9.84 Å². The van der Waals surface area contributed by atoms with Crippen LogP contribution in [0.4, 0.5) is 4.79 Å². The first-order chi connectivity index (χ1) is 7.17. The number of rotatable bonds is 4. The molecule has 0 heterocycles. The number of hydrogen-bond donors (Lipinski definition) is 2. The smallest absolute Gasteiger partial charge is 0.408 e. The monoisotopic (exact) mass is 267 g/mol. The van der Waals surface area contributed by atoms with Crippen LogP contribution < -0.4 is 5.32 Å². The topological polar surface area (TPSA) is 139 Å². The first-order valence-electron chi connectivity index (χ1n) is 5.39. The Kier molecular flexibility index (Phi) is 10.6. The van der Waals surface area contributed by atoms with Crippen molar-refractivity contribution in [3.63, 3.8) is 0 Å². The van der Waals surface area contributed by atoms with E-state index in [0.29, 0.717) is 6.42 Å². The highest BCUT2D eigenvalue weighted by Crippen LogP contribution is 2.11. The lowest BCUT2D eigenvalue weighted by molar-refractivity contribution is -0.140. The highest BCUT2D eigenvalue weighted by atomic mass is 16.6. The van der Waals surface area contributed by atoms with Crippen LogP contribution in [0.15, 0.2) is 0 Å². The van der Waals surface area contributed by atoms with Crippen LogP contribution in [0.1, 0.15) is 41.0 Å². The standard InChI is InChI=1S/C11H21NO4.2H2O/c1-6-7(2)8(9(13)14)12-10(15)16-11(3,4)5;;/h7-8H,6H2,1-5H3,(H,12,15)(H,13,14);2*1H2/t7-,8-;;/m0../s1. The molecular formula is C11H25NO6. The minimum absolute atomic E-state index is 0. The number of carbonyl (C=O) groups excluding carboxylic acids is 1. The molecule has 0 aromatic heterocycles. The molecule has 2 atom stereocenters. The van der Waals surface area contributed by atoms with Crippen molar-refractivity contribution in [2.75, 3.05) is 0 Å². The molecule has 6 N–H and O–H groups in total. The molecular weight excluding hydrogens is 242 g/mol. The van der Waals surface area contributed by atoms with Crippen LogP contribution in [-0.4, -0.2) is 39.8 Å². The average Bonchev–Trinajstić information content (AvgIpc) is 2.09. The summed E-state index contributed by atoms with van der Waals surface area (Å²) in [4.78, 5) is 22.3. The van der Waals surface area contributed by atoms with Crippen LogP contribution in [0.25, 0.3) is 0 Å². The second-order valence-electron chi connectivity index (χ2n) is 4.85. The van der Waals surface area contributed by atoms with Crippen molar-refractivity contribution in [1.29, 1.82) is 0 Å². The third kappa shape index (κ3) is 8.77. The van der Waals surface area contributed by atoms with E-state index in [1.54, 1.807) is 27.7 Å². The lowest BCUT2D eigenvalue weighted by atomic mass is 10.00. The van der Waals surface area contributed by atoms with Crippen molar-refractivity contribution < 1.29 is 30.4 Å². The fourth-order valence-electron chi connectivity index (χ4n) is 1.12. The Morgan fingerprint density at radius 2 is 1.72 bits per heavy atom. The summed E-state index contributed by atoms with van der Waals surface area (Å²) < 4.78 is 5.00. The van der Waals surface area contributed by atoms with Gasteiger partial charge in [0.1, 0.15) is 11.6 Å². The first kappa shape index (κ1) is 21.9. The molecule has 0 aromatic carbocycles. The second-order valence-corrected chi connectivity index (χ2v) is 4.85. The van der Waals surface area contributed by atoms with Gasteiger partial charge in [-0.2, -0.15) is 0 Å². The SMILES string of the molecule is CC[C@H](C)[C@H](NC(=O)OC(C)(C)C)C(=O)O.O.O. The molecule has 0 radical (unpaired) electrons. The Hall–Kier alpha value is -1.34. The third-order valence-corrected chi connectivity index (χ3v) is 2.15. The van der Waals surface area contributed by atoms with Crippen molar-refractivity contribution >= 4 is 12.1 Å². The molecule has 18 heavy (non-hydrogen) atoms. The summed E-state index contributed by atoms with van der Waals surface area (Å²) in [7, 11) is 0. The zero-order valence-corrected chi connectivity index (χ0v) is 11.5. The number of hydrogen-bond acceptors (Lipinski definition) is 3. The number of ether oxygens (including phenoxy) is 1. The van der Waals surface area contributed by atoms with Gasteiger partial charge in [0.15, 0.2) is 0 Å². The fourth-order valence-corrected chi connectivity index (χ4v) is 1.12. The van der Waals surface area contributed by atoms with E-state index in [9.17, 15) is 9.59 Å². The molecule has 0 rings (SSSR count). The first-order valence-corrected chi connectivity index (χ1v) is 5.39. The lowest BCUT2D eigenvalue weighted by Crippen LogP contribution is -2.46. The molecule has 7 heteroatoms. The van der Waals surface area contributed by atoms with Crippen molar-refractivity contribution in [3.8, 4) is 0 Å². The maximum Gasteiger partial charge on any atom is 0.408 e. The van der Waals surface area contributed by atoms with Crippen molar-refractivity contribution in [2.24, 2.45) is 5.92 Å². The molecule has 110 valence electrons. The Morgan fingerprint density at radius 1 is 1.28 bits per heavy atom. The van der Waals surface area contributed by atoms with Gasteiger partial charge in [0.25, 0.3) is 0 Å². The Morgan fingerprint density at radius 3 is 2.00 bits per heavy atom. The van der Waals surface area contributed by atoms with Gasteiger partial charge >= 0.3 is 12.1 Å². The predicted molar refractivity (Wildman–Crippen MR) is 67.5 cm³/mol. The average molecular weight is 267 g/mol. The van der Waals surface area contributed by atoms with Crippen molar-refractivity contribution in [3.05, 3.63) is 0 Å². The van der Waals surface area contributed by atoms with Crippen LogP contribution in [0.3, 0.4) is 0 Å². The molecule has 0 fully saturated rings. The Balaban J connectivity index is -0.00000112. The summed E-state index contributed by atoms with van der Waals surface area (Å²) in [6.45, 7) is 8.83. The van der Waals surface area contributed by atoms with Crippen molar-refractivity contribution in [2.45, 2.75) is 52.7 Å². The number of alkyl carbamates (subject to hydrolysis) is 1. The van der Waals surface area contributed by atoms with Gasteiger partial charge < -0.3 is 26.1 Å². The van der Waals surface area contributed by atoms with Gasteiger partial charge in [0.05, 0.1) is 0 Å². The quantitative estimate of drug-likeness (QED) is 0.759. The van der Waals surface area contributed by atoms with E-state index in [0.717, 1.165) is 0 Å². The van der Waals surface area contributed by atoms with Crippen molar-refractivity contribution in [1.82, 2.24) is 5.32 Å². The molecule has 0 saturated heterocycles. The van der Waals surface area contributed by atoms with Crippen LogP contribution in [-0.2, 0) is 9.53 Å². The number of amides is 1. The molecule has 0 aliphatic carbocycles. The van der Waals surface area contributed by atoms with E-state index in [1.165, 1.54) is 0 Å². The zero-order chi connectivity index (χ0) is 12.9. The van der Waals surface area contributed by atoms with Gasteiger partial charge in [-0.15, -0.1) is 0 Å². The maximum atomic E-state index is 11.4. The molecule has 0 aliphatic heterocycles. The van der Waals surface area contributed by atoms with E-state index in [2.05, 4.69) is 5.32 Å². The number of carbonyl (C=O) groups is 2. The molecule has 0 spiro atoms. The Bertz CT molecular complexity index is 261. The van der Waals surface area contributed by atoms with Gasteiger partial charge in [-0.05, 0) is 26.7 Å². The summed E-state index contributed by atoms with van der Waals surface area (Å²) in [5, 5.41) is 11.3. The van der Waals surface area contributed by atoms with E-state index >= 15 is 0 Å². The van der Waals surface area contributed by atoms with Crippen LogP contribution >= 0.6 is 0 Å². The fraction of sp³-hybridized carbons (Fsp3) is 0.818. The summed E-state index contributed by atoms with van der Waals surface area (Å²) in [6.07, 6.45) is -0.0209. The summed E-state index contributed by atoms with van der Waals surface area (Å²) in [5.74, 6) is -1.18. The molecule has 7 nitrogen and oxygen atoms in total. The summed E-state index contributed by atoms with van der Waals surface area (Å²) in [6, 6.07) is -0.903. The normalized spacial score (nSPS) is 13.4. The van der Waals surface area contributed by atoms with Gasteiger partial charge in [-0.25, -0.2) is 9.59 Å². The van der Waals surface area contributed by atoms with Gasteiger partial charge in [0.2, 0.25) is 0 Å². The van der Waals surface area contributed by atoms with E-state index < -0.39 is 23.7 Å². The van der Waals surface area contributed by atoms with Crippen LogP contribution in [0.5, 0.6) is 0 Å². The zero-order valence-electron chi connectivity index (χ0n) is 11.5. The van der Waals surface area contributed by atoms with E-state index in [-0.39, 0.29) is 16.9 Å². The summed E-state index contributed by atoms with van der Waals surface area (Å²) >= 11 is 0. The number of aliphatic carboxylic acids is 1. The van der Waals surface area contributed by atoms with Gasteiger partial charge in [-0.1, -0.05) is 20.3 Å². The molecule has 0 aliphatic rings. The van der Waals surface area contributed by atoms with Gasteiger partial charge in [-0.3, -0.25) is 0 Å². The molecule has 0 saturated carbocycles. The maximum absolute atomic E-state index is 11.4. The van der Waals surface area contributed by atoms with Gasteiger partial charge in [0, 0.05) is 0 Å². The van der Waals surface area contributed by atoms with Crippen LogP contribution in [0.2, 0.25) is 0 Å². The summed E-state index contributed by atoms with van der Waals surface area (Å²) in [5.41, 5.74) is -0.622. The highest BCUT2D eigenvalue weighted by molar-refractivity contribution is 5.80. The minimum atomic E-state index is -1.04. The molecule has 0 aromatic rings. The largest absolute Gasteiger partial charge is 0.480 e. The van der Waals surface area contributed by atoms with Crippen LogP contribution in [0, 0.1) is 5.92 Å². The number of nitrogens with one attached hydrogen (secondary N) is 1. The number of carboxylic acid groups (broad SMARTS) is 1. The molecule has 0 unspecified atom stereocenters. The second kappa shape index (κ2) is 8.71. The molecule has 1 amide bonds. The molecule has 0 bridgehead atoms. The predicted octanol–water partition coefficient (Wildman–Crippen LogP) is 0.361. The van der Waals surface area contributed by atoms with E-state index in [1.807, 2.05) is 6.92 Å². The Labute approximate surface area is 107 Å². The minimum Gasteiger partial charge on any atom is -0.480 e.